The molecule has 96 valence electrons. The Kier molecular flexibility index (Phi) is 3.48. The first-order valence-electron chi connectivity index (χ1n) is 5.59. The van der Waals surface area contributed by atoms with Crippen molar-refractivity contribution in [2.45, 2.75) is 6.54 Å². The fourth-order valence-electron chi connectivity index (χ4n) is 1.65. The van der Waals surface area contributed by atoms with Crippen molar-refractivity contribution < 1.29 is 9.90 Å². The Hall–Kier alpha value is -2.81. The lowest BCUT2D eigenvalue weighted by atomic mass is 10.2. The molecule has 0 bridgehead atoms. The second-order valence-electron chi connectivity index (χ2n) is 3.97. The van der Waals surface area contributed by atoms with E-state index in [0.29, 0.717) is 17.9 Å². The van der Waals surface area contributed by atoms with E-state index in [1.165, 1.54) is 10.8 Å². The molecule has 1 aromatic carbocycles. The zero-order valence-electron chi connectivity index (χ0n) is 10.3. The summed E-state index contributed by atoms with van der Waals surface area (Å²) in [5, 5.41) is 20.7. The molecule has 2 aromatic rings. The molecule has 0 fully saturated rings. The maximum Gasteiger partial charge on any atom is 0.354 e. The number of nitrogens with zero attached hydrogens (tertiary/aromatic N) is 3. The highest BCUT2D eigenvalue weighted by atomic mass is 16.4. The number of nitriles is 1. The van der Waals surface area contributed by atoms with Crippen LogP contribution in [-0.2, 0) is 13.6 Å². The third-order valence-electron chi connectivity index (χ3n) is 2.77. The van der Waals surface area contributed by atoms with Gasteiger partial charge in [-0.3, -0.25) is 0 Å². The van der Waals surface area contributed by atoms with Crippen LogP contribution < -0.4 is 5.32 Å². The first kappa shape index (κ1) is 12.6. The minimum absolute atomic E-state index is 0.150. The van der Waals surface area contributed by atoms with Crippen molar-refractivity contribution >= 4 is 11.7 Å². The van der Waals surface area contributed by atoms with Crippen LogP contribution in [0.5, 0.6) is 0 Å². The van der Waals surface area contributed by atoms with Crippen LogP contribution in [0.1, 0.15) is 21.9 Å². The Bertz CT molecular complexity index is 638. The monoisotopic (exact) mass is 256 g/mol. The molecule has 1 heterocycles. The summed E-state index contributed by atoms with van der Waals surface area (Å²) in [5.41, 5.74) is 1.59. The molecule has 0 aliphatic heterocycles. The summed E-state index contributed by atoms with van der Waals surface area (Å²) in [4.78, 5) is 14.9. The zero-order valence-corrected chi connectivity index (χ0v) is 10.3. The summed E-state index contributed by atoms with van der Waals surface area (Å²) in [6.07, 6.45) is 1.33. The molecule has 0 spiro atoms. The second-order valence-corrected chi connectivity index (χ2v) is 3.97. The minimum atomic E-state index is -1.00. The van der Waals surface area contributed by atoms with Crippen LogP contribution >= 0.6 is 0 Å². The summed E-state index contributed by atoms with van der Waals surface area (Å²) in [6.45, 7) is 0.412. The fraction of sp³-hybridized carbons (Fsp3) is 0.154. The molecular formula is C13H12N4O2. The average molecular weight is 256 g/mol. The van der Waals surface area contributed by atoms with Gasteiger partial charge in [0.25, 0.3) is 0 Å². The summed E-state index contributed by atoms with van der Waals surface area (Å²) in [6, 6.07) is 9.05. The Balaban J connectivity index is 2.06. The second kappa shape index (κ2) is 5.23. The van der Waals surface area contributed by atoms with Gasteiger partial charge in [-0.05, 0) is 24.3 Å². The molecule has 2 N–H and O–H groups in total. The average Bonchev–Trinajstić information content (AvgIpc) is 2.78. The van der Waals surface area contributed by atoms with Crippen molar-refractivity contribution in [3.05, 3.63) is 47.5 Å². The Morgan fingerprint density at radius 1 is 1.47 bits per heavy atom. The molecule has 19 heavy (non-hydrogen) atoms. The number of hydrogen-bond donors (Lipinski definition) is 2. The van der Waals surface area contributed by atoms with E-state index in [4.69, 9.17) is 10.4 Å². The fourth-order valence-corrected chi connectivity index (χ4v) is 1.65. The van der Waals surface area contributed by atoms with Gasteiger partial charge >= 0.3 is 5.97 Å². The summed E-state index contributed by atoms with van der Waals surface area (Å²) in [7, 11) is 1.66. The largest absolute Gasteiger partial charge is 0.477 e. The number of aromatic nitrogens is 2. The predicted molar refractivity (Wildman–Crippen MR) is 68.7 cm³/mol. The van der Waals surface area contributed by atoms with Crippen molar-refractivity contribution in [2.24, 2.45) is 7.05 Å². The molecule has 0 saturated carbocycles. The minimum Gasteiger partial charge on any atom is -0.477 e. The number of benzene rings is 1. The van der Waals surface area contributed by atoms with Gasteiger partial charge in [-0.15, -0.1) is 0 Å². The first-order valence-corrected chi connectivity index (χ1v) is 5.59. The van der Waals surface area contributed by atoms with Gasteiger partial charge in [-0.2, -0.15) is 5.26 Å². The molecule has 0 saturated heterocycles. The van der Waals surface area contributed by atoms with Gasteiger partial charge < -0.3 is 15.0 Å². The normalized spacial score (nSPS) is 9.89. The number of hydrogen-bond acceptors (Lipinski definition) is 4. The highest BCUT2D eigenvalue weighted by Crippen LogP contribution is 2.11. The molecule has 0 aliphatic rings. The number of nitrogens with one attached hydrogen (secondary N) is 1. The summed E-state index contributed by atoms with van der Waals surface area (Å²) >= 11 is 0. The van der Waals surface area contributed by atoms with Crippen molar-refractivity contribution in [3.63, 3.8) is 0 Å². The lowest BCUT2D eigenvalue weighted by Crippen LogP contribution is -2.10. The van der Waals surface area contributed by atoms with Gasteiger partial charge in [0.05, 0.1) is 24.4 Å². The van der Waals surface area contributed by atoms with Gasteiger partial charge in [0, 0.05) is 12.7 Å². The molecular weight excluding hydrogens is 244 g/mol. The van der Waals surface area contributed by atoms with Crippen molar-refractivity contribution in [2.75, 3.05) is 5.32 Å². The first-order chi connectivity index (χ1) is 9.11. The maximum absolute atomic E-state index is 10.9. The molecule has 2 rings (SSSR count). The molecule has 0 radical (unpaired) electrons. The van der Waals surface area contributed by atoms with Crippen molar-refractivity contribution in [1.29, 1.82) is 5.26 Å². The number of imidazole rings is 1. The number of aromatic carboxylic acids is 1. The van der Waals surface area contributed by atoms with Crippen LogP contribution in [0.25, 0.3) is 0 Å². The molecule has 0 atom stereocenters. The van der Waals surface area contributed by atoms with Gasteiger partial charge in [0.2, 0.25) is 0 Å². The lowest BCUT2D eigenvalue weighted by Gasteiger charge is -2.07. The number of carboxylic acids is 1. The topological polar surface area (TPSA) is 90.9 Å². The van der Waals surface area contributed by atoms with E-state index in [-0.39, 0.29) is 5.69 Å². The van der Waals surface area contributed by atoms with E-state index in [0.717, 1.165) is 5.69 Å². The van der Waals surface area contributed by atoms with Crippen LogP contribution in [0, 0.1) is 11.3 Å². The number of rotatable bonds is 4. The Labute approximate surface area is 109 Å². The standard InChI is InChI=1S/C13H12N4O2/c1-17-11(13(18)19)7-16-12(17)8-15-10-4-2-9(6-14)3-5-10/h2-5,7,15H,8H2,1H3,(H,18,19). The highest BCUT2D eigenvalue weighted by Gasteiger charge is 2.11. The highest BCUT2D eigenvalue weighted by molar-refractivity contribution is 5.85. The third kappa shape index (κ3) is 2.72. The van der Waals surface area contributed by atoms with Crippen molar-refractivity contribution in [3.8, 4) is 6.07 Å². The predicted octanol–water partition coefficient (Wildman–Crippen LogP) is 1.60. The maximum atomic E-state index is 10.9. The molecule has 0 unspecified atom stereocenters. The van der Waals surface area contributed by atoms with Crippen LogP contribution in [0.3, 0.4) is 0 Å². The number of carbonyl (C=O) groups is 1. The molecule has 6 nitrogen and oxygen atoms in total. The van der Waals surface area contributed by atoms with E-state index >= 15 is 0 Å². The van der Waals surface area contributed by atoms with Gasteiger partial charge in [-0.25, -0.2) is 9.78 Å². The van der Waals surface area contributed by atoms with Gasteiger partial charge in [0.1, 0.15) is 11.5 Å². The van der Waals surface area contributed by atoms with E-state index < -0.39 is 5.97 Å². The van der Waals surface area contributed by atoms with Crippen LogP contribution in [0.15, 0.2) is 30.5 Å². The quantitative estimate of drug-likeness (QED) is 0.867. The van der Waals surface area contributed by atoms with E-state index in [9.17, 15) is 4.79 Å². The molecule has 6 heteroatoms. The van der Waals surface area contributed by atoms with E-state index in [1.54, 1.807) is 31.3 Å². The van der Waals surface area contributed by atoms with Crippen LogP contribution in [0.2, 0.25) is 0 Å². The Morgan fingerprint density at radius 2 is 2.16 bits per heavy atom. The molecule has 0 amide bonds. The molecule has 0 aliphatic carbocycles. The summed E-state index contributed by atoms with van der Waals surface area (Å²) in [5.74, 6) is -0.374. The van der Waals surface area contributed by atoms with E-state index in [1.807, 2.05) is 6.07 Å². The smallest absolute Gasteiger partial charge is 0.354 e. The van der Waals surface area contributed by atoms with Crippen molar-refractivity contribution in [1.82, 2.24) is 9.55 Å². The van der Waals surface area contributed by atoms with Crippen LogP contribution in [0.4, 0.5) is 5.69 Å². The van der Waals surface area contributed by atoms with Gasteiger partial charge in [-0.1, -0.05) is 0 Å². The lowest BCUT2D eigenvalue weighted by molar-refractivity contribution is 0.0686. The zero-order chi connectivity index (χ0) is 13.8. The Morgan fingerprint density at radius 3 is 2.68 bits per heavy atom. The summed E-state index contributed by atoms with van der Waals surface area (Å²) < 4.78 is 1.53. The third-order valence-corrected chi connectivity index (χ3v) is 2.77. The number of anilines is 1. The van der Waals surface area contributed by atoms with E-state index in [2.05, 4.69) is 10.3 Å². The molecule has 1 aromatic heterocycles. The number of carboxylic acid groups (broad SMARTS) is 1. The SMILES string of the molecule is Cn1c(C(=O)O)cnc1CNc1ccc(C#N)cc1. The van der Waals surface area contributed by atoms with Gasteiger partial charge in [0.15, 0.2) is 0 Å². The van der Waals surface area contributed by atoms with Crippen LogP contribution in [-0.4, -0.2) is 20.6 Å².